The van der Waals surface area contributed by atoms with Crippen molar-refractivity contribution in [3.63, 3.8) is 0 Å². The number of benzene rings is 3. The number of nitrogens with zero attached hydrogens (tertiary/aromatic N) is 2. The van der Waals surface area contributed by atoms with Gasteiger partial charge in [0.25, 0.3) is 0 Å². The number of hydrogen-bond acceptors (Lipinski definition) is 4. The van der Waals surface area contributed by atoms with Crippen molar-refractivity contribution in [2.45, 2.75) is 6.92 Å². The van der Waals surface area contributed by atoms with Gasteiger partial charge in [0.2, 0.25) is 0 Å². The zero-order valence-electron chi connectivity index (χ0n) is 16.8. The van der Waals surface area contributed by atoms with Gasteiger partial charge >= 0.3 is 6.03 Å². The van der Waals surface area contributed by atoms with E-state index in [1.54, 1.807) is 24.3 Å². The van der Waals surface area contributed by atoms with E-state index < -0.39 is 0 Å². The van der Waals surface area contributed by atoms with Gasteiger partial charge in [-0.05, 0) is 49.4 Å². The van der Waals surface area contributed by atoms with Gasteiger partial charge in [-0.2, -0.15) is 0 Å². The van der Waals surface area contributed by atoms with Crippen LogP contribution in [0.15, 0.2) is 84.9 Å². The minimum Gasteiger partial charge on any atom is -0.340 e. The van der Waals surface area contributed by atoms with E-state index in [1.165, 1.54) is 0 Å². The van der Waals surface area contributed by atoms with Crippen molar-refractivity contribution in [1.82, 2.24) is 9.97 Å². The van der Waals surface area contributed by atoms with Crippen LogP contribution in [-0.2, 0) is 0 Å². The van der Waals surface area contributed by atoms with Crippen molar-refractivity contribution in [3.8, 4) is 11.3 Å². The van der Waals surface area contributed by atoms with Gasteiger partial charge in [-0.25, -0.2) is 14.8 Å². The lowest BCUT2D eigenvalue weighted by atomic mass is 10.1. The number of rotatable bonds is 5. The van der Waals surface area contributed by atoms with Gasteiger partial charge in [0.05, 0.1) is 5.69 Å². The summed E-state index contributed by atoms with van der Waals surface area (Å²) in [5.74, 6) is 1.34. The maximum atomic E-state index is 12.3. The Morgan fingerprint density at radius 2 is 1.48 bits per heavy atom. The zero-order chi connectivity index (χ0) is 21.6. The van der Waals surface area contributed by atoms with Gasteiger partial charge in [0.1, 0.15) is 11.6 Å². The molecule has 0 aliphatic carbocycles. The van der Waals surface area contributed by atoms with Crippen molar-refractivity contribution in [2.24, 2.45) is 0 Å². The van der Waals surface area contributed by atoms with Gasteiger partial charge in [-0.15, -0.1) is 0 Å². The van der Waals surface area contributed by atoms with E-state index >= 15 is 0 Å². The van der Waals surface area contributed by atoms with Crippen LogP contribution in [0.4, 0.5) is 27.7 Å². The molecule has 0 bridgehead atoms. The summed E-state index contributed by atoms with van der Waals surface area (Å²) in [6, 6.07) is 25.8. The van der Waals surface area contributed by atoms with Crippen molar-refractivity contribution in [1.29, 1.82) is 0 Å². The highest BCUT2D eigenvalue weighted by Crippen LogP contribution is 2.23. The summed E-state index contributed by atoms with van der Waals surface area (Å²) in [6.45, 7) is 1.86. The quantitative estimate of drug-likeness (QED) is 0.338. The SMILES string of the molecule is Cc1nc(Nc2cccc(NC(=O)Nc3ccc(Cl)cc3)c2)cc(-c2ccccc2)n1. The fourth-order valence-electron chi connectivity index (χ4n) is 3.04. The summed E-state index contributed by atoms with van der Waals surface area (Å²) in [6.07, 6.45) is 0. The lowest BCUT2D eigenvalue weighted by Gasteiger charge is -2.11. The molecule has 4 rings (SSSR count). The van der Waals surface area contributed by atoms with Crippen molar-refractivity contribution >= 4 is 40.5 Å². The third-order valence-corrected chi connectivity index (χ3v) is 4.65. The summed E-state index contributed by atoms with van der Waals surface area (Å²) in [7, 11) is 0. The molecule has 0 atom stereocenters. The number of hydrogen-bond donors (Lipinski definition) is 3. The fraction of sp³-hybridized carbons (Fsp3) is 0.0417. The summed E-state index contributed by atoms with van der Waals surface area (Å²) in [5, 5.41) is 9.49. The third kappa shape index (κ3) is 5.58. The first-order chi connectivity index (χ1) is 15.0. The molecule has 154 valence electrons. The molecule has 6 nitrogen and oxygen atoms in total. The molecule has 0 unspecified atom stereocenters. The number of halogens is 1. The van der Waals surface area contributed by atoms with Gasteiger partial charge in [0, 0.05) is 33.7 Å². The Kier molecular flexibility index (Phi) is 6.10. The molecule has 0 aliphatic heterocycles. The van der Waals surface area contributed by atoms with Crippen LogP contribution in [0.2, 0.25) is 5.02 Å². The summed E-state index contributed by atoms with van der Waals surface area (Å²) in [4.78, 5) is 21.3. The van der Waals surface area contributed by atoms with Gasteiger partial charge in [-0.1, -0.05) is 48.0 Å². The van der Waals surface area contributed by atoms with E-state index in [9.17, 15) is 4.79 Å². The molecule has 0 spiro atoms. The second-order valence-corrected chi connectivity index (χ2v) is 7.28. The van der Waals surface area contributed by atoms with Crippen LogP contribution in [-0.4, -0.2) is 16.0 Å². The largest absolute Gasteiger partial charge is 0.340 e. The zero-order valence-corrected chi connectivity index (χ0v) is 17.5. The van der Waals surface area contributed by atoms with Crippen molar-refractivity contribution in [3.05, 3.63) is 95.8 Å². The highest BCUT2D eigenvalue weighted by Gasteiger charge is 2.07. The minimum absolute atomic E-state index is 0.344. The smallest absolute Gasteiger partial charge is 0.323 e. The van der Waals surface area contributed by atoms with Gasteiger partial charge in [-0.3, -0.25) is 0 Å². The first-order valence-corrected chi connectivity index (χ1v) is 10.0. The van der Waals surface area contributed by atoms with E-state index in [4.69, 9.17) is 11.6 Å². The molecule has 0 aliphatic rings. The number of anilines is 4. The van der Waals surface area contributed by atoms with Crippen LogP contribution < -0.4 is 16.0 Å². The highest BCUT2D eigenvalue weighted by molar-refractivity contribution is 6.30. The average molecular weight is 430 g/mol. The minimum atomic E-state index is -0.344. The lowest BCUT2D eigenvalue weighted by molar-refractivity contribution is 0.262. The van der Waals surface area contributed by atoms with E-state index in [0.717, 1.165) is 16.9 Å². The fourth-order valence-corrected chi connectivity index (χ4v) is 3.16. The molecule has 7 heteroatoms. The predicted molar refractivity (Wildman–Crippen MR) is 126 cm³/mol. The van der Waals surface area contributed by atoms with Crippen LogP contribution in [0.5, 0.6) is 0 Å². The van der Waals surface area contributed by atoms with E-state index in [0.29, 0.717) is 28.0 Å². The molecule has 2 amide bonds. The highest BCUT2D eigenvalue weighted by atomic mass is 35.5. The second kappa shape index (κ2) is 9.28. The number of aryl methyl sites for hydroxylation is 1. The van der Waals surface area contributed by atoms with E-state index in [2.05, 4.69) is 25.9 Å². The van der Waals surface area contributed by atoms with Crippen molar-refractivity contribution < 1.29 is 4.79 Å². The molecule has 31 heavy (non-hydrogen) atoms. The molecular weight excluding hydrogens is 410 g/mol. The molecule has 0 radical (unpaired) electrons. The molecule has 3 N–H and O–H groups in total. The van der Waals surface area contributed by atoms with Crippen molar-refractivity contribution in [2.75, 3.05) is 16.0 Å². The molecule has 1 aromatic heterocycles. The number of carbonyl (C=O) groups excluding carboxylic acids is 1. The first kappa shape index (κ1) is 20.4. The van der Waals surface area contributed by atoms with Crippen LogP contribution in [0.25, 0.3) is 11.3 Å². The predicted octanol–water partition coefficient (Wildman–Crippen LogP) is 6.49. The molecule has 0 fully saturated rings. The Bertz CT molecular complexity index is 1200. The lowest BCUT2D eigenvalue weighted by Crippen LogP contribution is -2.19. The second-order valence-electron chi connectivity index (χ2n) is 6.84. The number of aromatic nitrogens is 2. The van der Waals surface area contributed by atoms with Crippen LogP contribution in [0.1, 0.15) is 5.82 Å². The van der Waals surface area contributed by atoms with Crippen LogP contribution in [0, 0.1) is 6.92 Å². The van der Waals surface area contributed by atoms with Gasteiger partial charge in [0.15, 0.2) is 0 Å². The Morgan fingerprint density at radius 3 is 2.26 bits per heavy atom. The third-order valence-electron chi connectivity index (χ3n) is 4.40. The Balaban J connectivity index is 1.47. The maximum Gasteiger partial charge on any atom is 0.323 e. The Hall–Kier alpha value is -3.90. The Morgan fingerprint density at radius 1 is 0.774 bits per heavy atom. The first-order valence-electron chi connectivity index (χ1n) is 9.67. The Labute approximate surface area is 185 Å². The number of nitrogens with one attached hydrogen (secondary N) is 3. The maximum absolute atomic E-state index is 12.3. The summed E-state index contributed by atoms with van der Waals surface area (Å²) in [5.41, 5.74) is 3.95. The average Bonchev–Trinajstić information content (AvgIpc) is 2.76. The monoisotopic (exact) mass is 429 g/mol. The molecule has 3 aromatic carbocycles. The summed E-state index contributed by atoms with van der Waals surface area (Å²) >= 11 is 5.87. The number of urea groups is 1. The molecule has 1 heterocycles. The molecule has 0 saturated heterocycles. The molecule has 0 saturated carbocycles. The topological polar surface area (TPSA) is 78.9 Å². The van der Waals surface area contributed by atoms with E-state index in [1.807, 2.05) is 67.6 Å². The normalized spacial score (nSPS) is 10.4. The van der Waals surface area contributed by atoms with Crippen LogP contribution in [0.3, 0.4) is 0 Å². The molecular formula is C24H20ClN5O. The van der Waals surface area contributed by atoms with Gasteiger partial charge < -0.3 is 16.0 Å². The standard InChI is InChI=1S/C24H20ClN5O/c1-16-26-22(17-6-3-2-4-7-17)15-23(27-16)28-20-8-5-9-21(14-20)30-24(31)29-19-12-10-18(25)11-13-19/h2-15H,1H3,(H,26,27,28)(H2,29,30,31). The molecule has 4 aromatic rings. The number of amides is 2. The summed E-state index contributed by atoms with van der Waals surface area (Å²) < 4.78 is 0. The number of carbonyl (C=O) groups is 1. The van der Waals surface area contributed by atoms with Crippen LogP contribution >= 0.6 is 11.6 Å². The van der Waals surface area contributed by atoms with E-state index in [-0.39, 0.29) is 6.03 Å².